The Bertz CT molecular complexity index is 1220. The Morgan fingerprint density at radius 2 is 1.69 bits per heavy atom. The van der Waals surface area contributed by atoms with Gasteiger partial charge in [-0.25, -0.2) is 4.79 Å². The molecule has 0 radical (unpaired) electrons. The first-order chi connectivity index (χ1) is 16.8. The van der Waals surface area contributed by atoms with Gasteiger partial charge < -0.3 is 18.9 Å². The van der Waals surface area contributed by atoms with Crippen LogP contribution in [0.25, 0.3) is 10.8 Å². The lowest BCUT2D eigenvalue weighted by Crippen LogP contribution is -2.37. The van der Waals surface area contributed by atoms with Gasteiger partial charge in [0.05, 0.1) is 25.7 Å². The highest BCUT2D eigenvalue weighted by Crippen LogP contribution is 2.40. The predicted molar refractivity (Wildman–Crippen MR) is 134 cm³/mol. The maximum absolute atomic E-state index is 13.0. The monoisotopic (exact) mass is 476 g/mol. The Morgan fingerprint density at radius 1 is 0.971 bits per heavy atom. The van der Waals surface area contributed by atoms with Crippen molar-refractivity contribution in [2.24, 2.45) is 5.41 Å². The van der Waals surface area contributed by atoms with E-state index in [9.17, 15) is 9.59 Å². The number of rotatable bonds is 7. The molecule has 0 N–H and O–H groups in total. The van der Waals surface area contributed by atoms with E-state index < -0.39 is 11.4 Å². The lowest BCUT2D eigenvalue weighted by molar-refractivity contribution is -0.159. The Balaban J connectivity index is 1.38. The Kier molecular flexibility index (Phi) is 7.29. The summed E-state index contributed by atoms with van der Waals surface area (Å²) in [5, 5.41) is 2.24. The minimum atomic E-state index is -0.545. The van der Waals surface area contributed by atoms with Crippen molar-refractivity contribution in [2.75, 3.05) is 14.2 Å². The van der Waals surface area contributed by atoms with E-state index in [1.807, 2.05) is 38.1 Å². The number of esters is 2. The molecule has 3 aromatic carbocycles. The number of methoxy groups -OCH3 is 2. The molecule has 0 unspecified atom stereocenters. The van der Waals surface area contributed by atoms with Crippen LogP contribution in [0.4, 0.5) is 0 Å². The van der Waals surface area contributed by atoms with Gasteiger partial charge in [-0.05, 0) is 73.6 Å². The van der Waals surface area contributed by atoms with E-state index in [4.69, 9.17) is 18.9 Å². The summed E-state index contributed by atoms with van der Waals surface area (Å²) in [6.07, 6.45) is 2.74. The zero-order valence-corrected chi connectivity index (χ0v) is 20.8. The van der Waals surface area contributed by atoms with E-state index >= 15 is 0 Å². The van der Waals surface area contributed by atoms with Crippen molar-refractivity contribution in [3.05, 3.63) is 71.3 Å². The maximum atomic E-state index is 13.0. The molecule has 184 valence electrons. The number of ether oxygens (including phenoxy) is 4. The van der Waals surface area contributed by atoms with Crippen molar-refractivity contribution in [2.45, 2.75) is 52.2 Å². The van der Waals surface area contributed by atoms with Crippen molar-refractivity contribution in [3.63, 3.8) is 0 Å². The van der Waals surface area contributed by atoms with Crippen LogP contribution in [0.3, 0.4) is 0 Å². The molecule has 0 spiro atoms. The molecule has 1 fully saturated rings. The van der Waals surface area contributed by atoms with Crippen molar-refractivity contribution < 1.29 is 28.5 Å². The van der Waals surface area contributed by atoms with E-state index in [0.29, 0.717) is 29.9 Å². The van der Waals surface area contributed by atoms with Gasteiger partial charge in [0, 0.05) is 0 Å². The second-order valence-electron chi connectivity index (χ2n) is 9.40. The number of carbonyl (C=O) groups is 2. The lowest BCUT2D eigenvalue weighted by Gasteiger charge is -2.35. The average Bonchev–Trinajstić information content (AvgIpc) is 2.88. The molecule has 6 heteroatoms. The summed E-state index contributed by atoms with van der Waals surface area (Å²) in [7, 11) is 2.85. The van der Waals surface area contributed by atoms with Crippen LogP contribution in [-0.4, -0.2) is 32.3 Å². The Labute approximate surface area is 206 Å². The highest BCUT2D eigenvalue weighted by molar-refractivity contribution is 5.93. The van der Waals surface area contributed by atoms with E-state index in [2.05, 4.69) is 18.2 Å². The van der Waals surface area contributed by atoms with Crippen LogP contribution >= 0.6 is 0 Å². The highest BCUT2D eigenvalue weighted by atomic mass is 16.5. The summed E-state index contributed by atoms with van der Waals surface area (Å²) in [6.45, 7) is 4.15. The molecular formula is C29H32O6. The molecule has 0 atom stereocenters. The minimum absolute atomic E-state index is 0.0495. The minimum Gasteiger partial charge on any atom is -0.496 e. The van der Waals surface area contributed by atoms with Gasteiger partial charge in [-0.3, -0.25) is 4.79 Å². The van der Waals surface area contributed by atoms with Gasteiger partial charge in [-0.15, -0.1) is 0 Å². The van der Waals surface area contributed by atoms with E-state index in [1.165, 1.54) is 14.2 Å². The first kappa shape index (κ1) is 24.6. The number of benzene rings is 3. The van der Waals surface area contributed by atoms with Crippen LogP contribution < -0.4 is 9.47 Å². The molecule has 0 heterocycles. The summed E-state index contributed by atoms with van der Waals surface area (Å²) < 4.78 is 22.2. The van der Waals surface area contributed by atoms with Crippen molar-refractivity contribution in [1.82, 2.24) is 0 Å². The Morgan fingerprint density at radius 3 is 2.40 bits per heavy atom. The number of hydrogen-bond donors (Lipinski definition) is 0. The summed E-state index contributed by atoms with van der Waals surface area (Å²) in [5.74, 6) is 0.430. The fourth-order valence-corrected chi connectivity index (χ4v) is 4.69. The molecule has 0 saturated heterocycles. The van der Waals surface area contributed by atoms with Gasteiger partial charge >= 0.3 is 11.9 Å². The van der Waals surface area contributed by atoms with Crippen LogP contribution in [0.1, 0.15) is 54.1 Å². The normalized spacial score (nSPS) is 19.7. The average molecular weight is 477 g/mol. The van der Waals surface area contributed by atoms with Crippen LogP contribution in [-0.2, 0) is 20.9 Å². The lowest BCUT2D eigenvalue weighted by atomic mass is 9.74. The predicted octanol–water partition coefficient (Wildman–Crippen LogP) is 6.01. The third kappa shape index (κ3) is 5.26. The quantitative estimate of drug-likeness (QED) is 0.389. The Hall–Kier alpha value is -3.54. The molecule has 0 aliphatic heterocycles. The number of aryl methyl sites for hydroxylation is 1. The SMILES string of the molecule is COC(=O)c1cc(O[C@H]2CC[C@@](C)(C(=O)OCc3cccc4ccccc34)CC2)c(C)cc1OC. The second kappa shape index (κ2) is 10.4. The van der Waals surface area contributed by atoms with Crippen molar-refractivity contribution in [3.8, 4) is 11.5 Å². The second-order valence-corrected chi connectivity index (χ2v) is 9.40. The molecule has 1 saturated carbocycles. The van der Waals surface area contributed by atoms with Crippen LogP contribution in [0.15, 0.2) is 54.6 Å². The van der Waals surface area contributed by atoms with E-state index in [0.717, 1.165) is 34.7 Å². The summed E-state index contributed by atoms with van der Waals surface area (Å²) in [6, 6.07) is 17.6. The van der Waals surface area contributed by atoms with Gasteiger partial charge in [0.2, 0.25) is 0 Å². The van der Waals surface area contributed by atoms with E-state index in [-0.39, 0.29) is 18.7 Å². The largest absolute Gasteiger partial charge is 0.496 e. The molecule has 1 aliphatic carbocycles. The third-order valence-electron chi connectivity index (χ3n) is 6.96. The van der Waals surface area contributed by atoms with Crippen LogP contribution in [0, 0.1) is 12.3 Å². The smallest absolute Gasteiger partial charge is 0.341 e. The zero-order valence-electron chi connectivity index (χ0n) is 20.8. The maximum Gasteiger partial charge on any atom is 0.341 e. The van der Waals surface area contributed by atoms with E-state index in [1.54, 1.807) is 12.1 Å². The number of carbonyl (C=O) groups excluding carboxylic acids is 2. The van der Waals surface area contributed by atoms with Crippen molar-refractivity contribution in [1.29, 1.82) is 0 Å². The van der Waals surface area contributed by atoms with Gasteiger partial charge in [0.25, 0.3) is 0 Å². The van der Waals surface area contributed by atoms with Gasteiger partial charge in [0.15, 0.2) is 0 Å². The number of fused-ring (bicyclic) bond motifs is 1. The first-order valence-corrected chi connectivity index (χ1v) is 11.9. The molecule has 3 aromatic rings. The molecule has 6 nitrogen and oxygen atoms in total. The summed E-state index contributed by atoms with van der Waals surface area (Å²) >= 11 is 0. The fraction of sp³-hybridized carbons (Fsp3) is 0.379. The summed E-state index contributed by atoms with van der Waals surface area (Å²) in [4.78, 5) is 25.2. The molecule has 0 amide bonds. The van der Waals surface area contributed by atoms with Crippen LogP contribution in [0.2, 0.25) is 0 Å². The first-order valence-electron chi connectivity index (χ1n) is 11.9. The molecular weight excluding hydrogens is 444 g/mol. The molecule has 0 bridgehead atoms. The fourth-order valence-electron chi connectivity index (χ4n) is 4.69. The summed E-state index contributed by atoms with van der Waals surface area (Å²) in [5.41, 5.74) is 1.66. The van der Waals surface area contributed by atoms with Gasteiger partial charge in [-0.1, -0.05) is 42.5 Å². The molecule has 0 aromatic heterocycles. The molecule has 1 aliphatic rings. The molecule has 35 heavy (non-hydrogen) atoms. The number of hydrogen-bond acceptors (Lipinski definition) is 6. The van der Waals surface area contributed by atoms with Crippen LogP contribution in [0.5, 0.6) is 11.5 Å². The molecule has 4 rings (SSSR count). The third-order valence-corrected chi connectivity index (χ3v) is 6.96. The topological polar surface area (TPSA) is 71.1 Å². The highest BCUT2D eigenvalue weighted by Gasteiger charge is 2.39. The van der Waals surface area contributed by atoms with Gasteiger partial charge in [0.1, 0.15) is 23.7 Å². The standard InChI is InChI=1S/C29H32O6/c1-19-16-26(32-3)24(27(30)33-4)17-25(19)35-22-12-14-29(2,15-13-22)28(31)34-18-21-10-7-9-20-8-5-6-11-23(20)21/h5-11,16-17,22H,12-15,18H2,1-4H3/t22-,29+. The zero-order chi connectivity index (χ0) is 25.0. The van der Waals surface area contributed by atoms with Crippen molar-refractivity contribution >= 4 is 22.7 Å². The van der Waals surface area contributed by atoms with Gasteiger partial charge in [-0.2, -0.15) is 0 Å².